The fourth-order valence-corrected chi connectivity index (χ4v) is 4.43. The van der Waals surface area contributed by atoms with Gasteiger partial charge in [-0.25, -0.2) is 4.79 Å². The molecule has 0 aliphatic carbocycles. The van der Waals surface area contributed by atoms with Gasteiger partial charge in [-0.1, -0.05) is 6.07 Å². The zero-order chi connectivity index (χ0) is 23.5. The number of nitrogens with zero attached hydrogens (tertiary/aromatic N) is 5. The van der Waals surface area contributed by atoms with Gasteiger partial charge in [-0.2, -0.15) is 4.98 Å². The first-order valence-electron chi connectivity index (χ1n) is 11.5. The van der Waals surface area contributed by atoms with Crippen molar-refractivity contribution in [3.8, 4) is 11.5 Å². The Hall–Kier alpha value is -3.27. The van der Waals surface area contributed by atoms with Crippen LogP contribution in [0.25, 0.3) is 11.2 Å². The number of imidazole rings is 1. The third-order valence-corrected chi connectivity index (χ3v) is 6.33. The van der Waals surface area contributed by atoms with Crippen molar-refractivity contribution in [2.75, 3.05) is 31.1 Å². The third kappa shape index (κ3) is 4.61. The van der Waals surface area contributed by atoms with Crippen LogP contribution in [-0.2, 0) is 27.1 Å². The Morgan fingerprint density at radius 1 is 1.00 bits per heavy atom. The predicted molar refractivity (Wildman–Crippen MR) is 127 cm³/mol. The van der Waals surface area contributed by atoms with Crippen LogP contribution in [0.4, 0.5) is 5.95 Å². The highest BCUT2D eigenvalue weighted by molar-refractivity contribution is 5.74. The van der Waals surface area contributed by atoms with E-state index in [0.29, 0.717) is 17.7 Å². The lowest BCUT2D eigenvalue weighted by Gasteiger charge is -2.28. The van der Waals surface area contributed by atoms with Crippen LogP contribution in [0.15, 0.2) is 27.8 Å². The maximum Gasteiger partial charge on any atom is 0.332 e. The summed E-state index contributed by atoms with van der Waals surface area (Å²) in [7, 11) is 3.16. The minimum absolute atomic E-state index is 0.110. The molecule has 10 heteroatoms. The maximum absolute atomic E-state index is 13.0. The molecule has 3 heterocycles. The van der Waals surface area contributed by atoms with Crippen molar-refractivity contribution in [1.29, 1.82) is 0 Å². The van der Waals surface area contributed by atoms with Gasteiger partial charge in [0.1, 0.15) is 0 Å². The van der Waals surface area contributed by atoms with Gasteiger partial charge in [0.2, 0.25) is 5.95 Å². The lowest BCUT2D eigenvalue weighted by molar-refractivity contribution is 0.403. The molecule has 0 amide bonds. The molecule has 33 heavy (non-hydrogen) atoms. The van der Waals surface area contributed by atoms with Gasteiger partial charge in [0.15, 0.2) is 22.7 Å². The highest BCUT2D eigenvalue weighted by atomic mass is 16.3. The van der Waals surface area contributed by atoms with Crippen molar-refractivity contribution in [1.82, 2.24) is 24.0 Å². The first-order chi connectivity index (χ1) is 15.9. The maximum atomic E-state index is 13.0. The summed E-state index contributed by atoms with van der Waals surface area (Å²) in [6.07, 6.45) is 4.89. The molecule has 0 saturated carbocycles. The van der Waals surface area contributed by atoms with Gasteiger partial charge in [-0.15, -0.1) is 0 Å². The molecule has 0 unspecified atom stereocenters. The Morgan fingerprint density at radius 2 is 1.76 bits per heavy atom. The number of aromatic nitrogens is 4. The number of piperidine rings is 1. The van der Waals surface area contributed by atoms with Gasteiger partial charge in [0.25, 0.3) is 5.56 Å². The van der Waals surface area contributed by atoms with Crippen LogP contribution < -0.4 is 21.5 Å². The lowest BCUT2D eigenvalue weighted by atomic mass is 10.1. The number of aryl methyl sites for hydroxylation is 2. The molecule has 1 fully saturated rings. The highest BCUT2D eigenvalue weighted by Crippen LogP contribution is 2.25. The average Bonchev–Trinajstić information content (AvgIpc) is 3.21. The third-order valence-electron chi connectivity index (χ3n) is 6.33. The van der Waals surface area contributed by atoms with E-state index in [2.05, 4.69) is 10.2 Å². The molecule has 1 aliphatic rings. The number of nitrogens with one attached hydrogen (secondary N) is 1. The van der Waals surface area contributed by atoms with E-state index in [-0.39, 0.29) is 22.7 Å². The molecule has 178 valence electrons. The SMILES string of the molecule is Cn1c(=O)c2c(nc(N3CCCCC3)n2CCCNCCc2ccc(O)c(O)c2)n(C)c1=O. The van der Waals surface area contributed by atoms with Gasteiger partial charge in [0.05, 0.1) is 0 Å². The first-order valence-corrected chi connectivity index (χ1v) is 11.5. The Bertz CT molecular complexity index is 1250. The van der Waals surface area contributed by atoms with Crippen molar-refractivity contribution in [3.05, 3.63) is 44.6 Å². The van der Waals surface area contributed by atoms with E-state index in [0.717, 1.165) is 67.9 Å². The molecule has 1 aromatic carbocycles. The van der Waals surface area contributed by atoms with Crippen LogP contribution in [0.5, 0.6) is 11.5 Å². The van der Waals surface area contributed by atoms with Crippen LogP contribution >= 0.6 is 0 Å². The Labute approximate surface area is 191 Å². The predicted octanol–water partition coefficient (Wildman–Crippen LogP) is 1.06. The molecule has 0 radical (unpaired) electrons. The zero-order valence-electron chi connectivity index (χ0n) is 19.3. The number of hydrogen-bond acceptors (Lipinski definition) is 7. The van der Waals surface area contributed by atoms with Crippen LogP contribution in [0.2, 0.25) is 0 Å². The number of hydrogen-bond donors (Lipinski definition) is 3. The lowest BCUT2D eigenvalue weighted by Crippen LogP contribution is -2.37. The molecule has 1 aliphatic heterocycles. The molecule has 0 spiro atoms. The van der Waals surface area contributed by atoms with Crippen LogP contribution in [-0.4, -0.2) is 55.1 Å². The van der Waals surface area contributed by atoms with Crippen molar-refractivity contribution in [2.24, 2.45) is 14.1 Å². The smallest absolute Gasteiger partial charge is 0.332 e. The second kappa shape index (κ2) is 9.70. The van der Waals surface area contributed by atoms with Gasteiger partial charge in [0, 0.05) is 33.7 Å². The second-order valence-electron chi connectivity index (χ2n) is 8.67. The van der Waals surface area contributed by atoms with E-state index >= 15 is 0 Å². The van der Waals surface area contributed by atoms with Crippen molar-refractivity contribution in [2.45, 2.75) is 38.6 Å². The number of phenols is 2. The van der Waals surface area contributed by atoms with E-state index in [4.69, 9.17) is 4.98 Å². The highest BCUT2D eigenvalue weighted by Gasteiger charge is 2.23. The Morgan fingerprint density at radius 3 is 2.48 bits per heavy atom. The van der Waals surface area contributed by atoms with Gasteiger partial charge in [-0.05, 0) is 62.9 Å². The summed E-state index contributed by atoms with van der Waals surface area (Å²) in [5.74, 6) is 0.538. The number of aromatic hydroxyl groups is 2. The molecule has 3 aromatic rings. The summed E-state index contributed by atoms with van der Waals surface area (Å²) in [6, 6.07) is 4.85. The number of anilines is 1. The summed E-state index contributed by atoms with van der Waals surface area (Å²) >= 11 is 0. The summed E-state index contributed by atoms with van der Waals surface area (Å²) in [5, 5.41) is 22.4. The minimum atomic E-state index is -0.371. The standard InChI is InChI=1S/C23H32N6O4/c1-26-20-19(21(32)27(2)23(26)33)29(22(25-20)28-12-4-3-5-13-28)14-6-10-24-11-9-16-7-8-17(30)18(31)15-16/h7-8,15,24,30-31H,3-6,9-14H2,1-2H3. The molecule has 3 N–H and O–H groups in total. The topological polar surface area (TPSA) is 118 Å². The Balaban J connectivity index is 1.48. The Kier molecular flexibility index (Phi) is 6.73. The number of rotatable bonds is 8. The number of phenolic OH excluding ortho intramolecular Hbond substituents is 2. The van der Waals surface area contributed by atoms with Crippen molar-refractivity contribution < 1.29 is 10.2 Å². The molecular weight excluding hydrogens is 424 g/mol. The van der Waals surface area contributed by atoms with E-state index in [1.165, 1.54) is 24.1 Å². The monoisotopic (exact) mass is 456 g/mol. The molecule has 10 nitrogen and oxygen atoms in total. The quantitative estimate of drug-likeness (QED) is 0.343. The van der Waals surface area contributed by atoms with Crippen molar-refractivity contribution >= 4 is 17.1 Å². The summed E-state index contributed by atoms with van der Waals surface area (Å²) in [6.45, 7) is 3.88. The average molecular weight is 457 g/mol. The number of fused-ring (bicyclic) bond motifs is 1. The van der Waals surface area contributed by atoms with Gasteiger partial charge in [-0.3, -0.25) is 13.9 Å². The van der Waals surface area contributed by atoms with Gasteiger partial charge >= 0.3 is 5.69 Å². The van der Waals surface area contributed by atoms with Crippen LogP contribution in [0.3, 0.4) is 0 Å². The largest absolute Gasteiger partial charge is 0.504 e. The normalized spacial score (nSPS) is 14.3. The van der Waals surface area contributed by atoms with Crippen LogP contribution in [0, 0.1) is 0 Å². The summed E-state index contributed by atoms with van der Waals surface area (Å²) in [4.78, 5) is 32.4. The molecule has 0 bridgehead atoms. The number of benzene rings is 1. The molecule has 1 saturated heterocycles. The summed E-state index contributed by atoms with van der Waals surface area (Å²) in [5.41, 5.74) is 1.16. The second-order valence-corrected chi connectivity index (χ2v) is 8.67. The molecule has 4 rings (SSSR count). The van der Waals surface area contributed by atoms with Crippen LogP contribution in [0.1, 0.15) is 31.2 Å². The van der Waals surface area contributed by atoms with Crippen molar-refractivity contribution in [3.63, 3.8) is 0 Å². The minimum Gasteiger partial charge on any atom is -0.504 e. The van der Waals surface area contributed by atoms with Gasteiger partial charge < -0.3 is 25.0 Å². The van der Waals surface area contributed by atoms with E-state index in [1.807, 2.05) is 4.57 Å². The van der Waals surface area contributed by atoms with E-state index in [1.54, 1.807) is 19.2 Å². The molecule has 2 aromatic heterocycles. The molecule has 0 atom stereocenters. The van der Waals surface area contributed by atoms with E-state index in [9.17, 15) is 19.8 Å². The fourth-order valence-electron chi connectivity index (χ4n) is 4.43. The van der Waals surface area contributed by atoms with E-state index < -0.39 is 0 Å². The molecular formula is C23H32N6O4. The fraction of sp³-hybridized carbons (Fsp3) is 0.522. The zero-order valence-corrected chi connectivity index (χ0v) is 19.3. The first kappa shape index (κ1) is 22.9. The summed E-state index contributed by atoms with van der Waals surface area (Å²) < 4.78 is 4.57.